The molecule has 2 N–H and O–H groups in total. The molecular weight excluding hydrogens is 422 g/mol. The fourth-order valence-electron chi connectivity index (χ4n) is 4.20. The molecule has 1 amide bonds. The first-order valence-electron chi connectivity index (χ1n) is 10.7. The zero-order valence-electron chi connectivity index (χ0n) is 18.4. The normalized spacial score (nSPS) is 23.7. The molecule has 2 aliphatic heterocycles. The number of hydrogen-bond acceptors (Lipinski definition) is 7. The molecule has 33 heavy (non-hydrogen) atoms. The van der Waals surface area contributed by atoms with E-state index in [0.29, 0.717) is 29.8 Å². The summed E-state index contributed by atoms with van der Waals surface area (Å²) in [7, 11) is 0. The van der Waals surface area contributed by atoms with Gasteiger partial charge in [0.2, 0.25) is 5.91 Å². The van der Waals surface area contributed by atoms with Crippen LogP contribution in [0.1, 0.15) is 43.0 Å². The van der Waals surface area contributed by atoms with Gasteiger partial charge < -0.3 is 15.2 Å². The number of hydrogen-bond donors (Lipinski definition) is 2. The first-order valence-corrected chi connectivity index (χ1v) is 10.7. The maximum Gasteiger partial charge on any atom is 0.245 e. The molecule has 8 heteroatoms. The molecule has 4 rings (SSSR count). The van der Waals surface area contributed by atoms with Crippen molar-refractivity contribution in [3.63, 3.8) is 0 Å². The molecule has 0 unspecified atom stereocenters. The van der Waals surface area contributed by atoms with Gasteiger partial charge in [-0.25, -0.2) is 4.79 Å². The highest BCUT2D eigenvalue weighted by molar-refractivity contribution is 5.88. The van der Waals surface area contributed by atoms with Crippen LogP contribution in [-0.4, -0.2) is 46.3 Å². The molecule has 2 aliphatic rings. The molecule has 0 aromatic heterocycles. The van der Waals surface area contributed by atoms with Crippen molar-refractivity contribution in [1.29, 1.82) is 5.26 Å². The number of nitrogens with one attached hydrogen (secondary N) is 1. The molecule has 170 valence electrons. The van der Waals surface area contributed by atoms with Gasteiger partial charge in [0.1, 0.15) is 29.4 Å². The van der Waals surface area contributed by atoms with Crippen LogP contribution in [-0.2, 0) is 21.0 Å². The number of rotatable bonds is 5. The van der Waals surface area contributed by atoms with Gasteiger partial charge in [0.25, 0.3) is 0 Å². The summed E-state index contributed by atoms with van der Waals surface area (Å²) in [5.41, 5.74) is 1.11. The second-order valence-corrected chi connectivity index (χ2v) is 8.68. The molecular formula is C25H25N3O5. The number of carbonyl (C=O) groups excluding carboxylic acids is 2. The van der Waals surface area contributed by atoms with Crippen molar-refractivity contribution in [2.24, 2.45) is 0 Å². The number of fused-ring (bicyclic) bond motifs is 1. The van der Waals surface area contributed by atoms with Crippen LogP contribution in [0.3, 0.4) is 0 Å². The molecule has 0 spiro atoms. The lowest BCUT2D eigenvalue weighted by Crippen LogP contribution is -2.55. The van der Waals surface area contributed by atoms with Gasteiger partial charge in [-0.2, -0.15) is 10.3 Å². The summed E-state index contributed by atoms with van der Waals surface area (Å²) in [5.74, 6) is 1.86. The highest BCUT2D eigenvalue weighted by atomic mass is 16.7. The van der Waals surface area contributed by atoms with E-state index in [-0.39, 0.29) is 12.2 Å². The summed E-state index contributed by atoms with van der Waals surface area (Å²) in [6.45, 7) is 4.06. The zero-order valence-corrected chi connectivity index (χ0v) is 18.4. The highest BCUT2D eigenvalue weighted by Gasteiger charge is 2.46. The lowest BCUT2D eigenvalue weighted by Gasteiger charge is -2.42. The topological polar surface area (TPSA) is 112 Å². The molecule has 0 bridgehead atoms. The standard InChI is InChI=1S/C25H25N3O5/c1-25(2)23(30)21(19-12-17(13-26)8-9-20(19)33-25)27-24(31)22-18(14-29)10-11-28(22)32-15-16-6-4-3-5-7-16/h3-9,12,21-23,30H,10-11,15H2,1-2H3,(H,27,31)/t21-,22-,23+/m0/s1. The van der Waals surface area contributed by atoms with E-state index >= 15 is 0 Å². The largest absolute Gasteiger partial charge is 0.485 e. The summed E-state index contributed by atoms with van der Waals surface area (Å²) < 4.78 is 5.91. The number of amides is 1. The Morgan fingerprint density at radius 2 is 2.06 bits per heavy atom. The number of nitrogens with zero attached hydrogens (tertiary/aromatic N) is 2. The Kier molecular flexibility index (Phi) is 6.32. The second-order valence-electron chi connectivity index (χ2n) is 8.68. The molecule has 1 fully saturated rings. The van der Waals surface area contributed by atoms with Gasteiger partial charge in [-0.3, -0.25) is 9.63 Å². The average Bonchev–Trinajstić information content (AvgIpc) is 3.24. The van der Waals surface area contributed by atoms with E-state index < -0.39 is 29.7 Å². The van der Waals surface area contributed by atoms with Crippen LogP contribution in [0.5, 0.6) is 5.75 Å². The Morgan fingerprint density at radius 1 is 1.30 bits per heavy atom. The number of aliphatic hydroxyl groups excluding tert-OH is 1. The predicted octanol–water partition coefficient (Wildman–Crippen LogP) is 2.21. The molecule has 2 aromatic carbocycles. The van der Waals surface area contributed by atoms with Crippen molar-refractivity contribution < 1.29 is 24.3 Å². The van der Waals surface area contributed by atoms with Crippen LogP contribution in [0, 0.1) is 11.3 Å². The number of benzene rings is 2. The van der Waals surface area contributed by atoms with E-state index in [4.69, 9.17) is 9.57 Å². The number of carbonyl (C=O) groups is 1. The van der Waals surface area contributed by atoms with Crippen LogP contribution in [0.2, 0.25) is 0 Å². The quantitative estimate of drug-likeness (QED) is 0.676. The van der Waals surface area contributed by atoms with Crippen molar-refractivity contribution >= 4 is 11.8 Å². The summed E-state index contributed by atoms with van der Waals surface area (Å²) in [4.78, 5) is 30.8. The summed E-state index contributed by atoms with van der Waals surface area (Å²) in [5, 5.41) is 24.6. The second kappa shape index (κ2) is 9.18. The minimum atomic E-state index is -1.09. The lowest BCUT2D eigenvalue weighted by molar-refractivity contribution is -0.182. The van der Waals surface area contributed by atoms with E-state index in [1.54, 1.807) is 32.0 Å². The average molecular weight is 447 g/mol. The molecule has 1 saturated heterocycles. The molecule has 3 atom stereocenters. The van der Waals surface area contributed by atoms with Crippen LogP contribution in [0.15, 0.2) is 54.1 Å². The fourth-order valence-corrected chi connectivity index (χ4v) is 4.20. The van der Waals surface area contributed by atoms with Crippen LogP contribution < -0.4 is 10.1 Å². The highest BCUT2D eigenvalue weighted by Crippen LogP contribution is 2.40. The smallest absolute Gasteiger partial charge is 0.245 e. The first-order chi connectivity index (χ1) is 15.8. The third kappa shape index (κ3) is 4.54. The van der Waals surface area contributed by atoms with Crippen molar-refractivity contribution in [1.82, 2.24) is 10.4 Å². The van der Waals surface area contributed by atoms with Gasteiger partial charge in [0, 0.05) is 17.7 Å². The van der Waals surface area contributed by atoms with E-state index in [2.05, 4.69) is 11.4 Å². The van der Waals surface area contributed by atoms with Crippen molar-refractivity contribution in [2.45, 2.75) is 50.7 Å². The fraction of sp³-hybridized carbons (Fsp3) is 0.360. The van der Waals surface area contributed by atoms with Gasteiger partial charge in [-0.1, -0.05) is 30.3 Å². The van der Waals surface area contributed by atoms with Crippen LogP contribution in [0.25, 0.3) is 0 Å². The summed E-state index contributed by atoms with van der Waals surface area (Å²) in [6.07, 6.45) is -0.737. The molecule has 0 aliphatic carbocycles. The number of hydroxylamine groups is 2. The maximum absolute atomic E-state index is 13.4. The Labute approximate surface area is 192 Å². The molecule has 2 aromatic rings. The van der Waals surface area contributed by atoms with Crippen LogP contribution >= 0.6 is 0 Å². The number of nitriles is 1. The van der Waals surface area contributed by atoms with Crippen LogP contribution in [0.4, 0.5) is 0 Å². The Bertz CT molecular complexity index is 1130. The third-order valence-corrected chi connectivity index (χ3v) is 6.01. The summed E-state index contributed by atoms with van der Waals surface area (Å²) in [6, 6.07) is 14.6. The van der Waals surface area contributed by atoms with Crippen molar-refractivity contribution in [3.8, 4) is 11.8 Å². The van der Waals surface area contributed by atoms with Gasteiger partial charge in [0.15, 0.2) is 0 Å². The zero-order chi connectivity index (χ0) is 23.6. The third-order valence-electron chi connectivity index (χ3n) is 6.01. The number of aliphatic hydroxyl groups is 1. The Morgan fingerprint density at radius 3 is 2.76 bits per heavy atom. The Hall–Kier alpha value is -3.47. The number of ether oxygens (including phenoxy) is 1. The molecule has 0 saturated carbocycles. The van der Waals surface area contributed by atoms with Gasteiger partial charge in [-0.15, -0.1) is 0 Å². The van der Waals surface area contributed by atoms with E-state index in [1.165, 1.54) is 5.06 Å². The predicted molar refractivity (Wildman–Crippen MR) is 118 cm³/mol. The first kappa shape index (κ1) is 22.7. The maximum atomic E-state index is 13.4. The molecule has 8 nitrogen and oxygen atoms in total. The lowest BCUT2D eigenvalue weighted by atomic mass is 9.85. The SMILES string of the molecule is CC1(C)Oc2ccc(C#N)cc2[C@H](NC(=O)[C@@H]2C(=C=O)CCN2OCc2ccccc2)[C@H]1O. The van der Waals surface area contributed by atoms with Crippen molar-refractivity contribution in [2.75, 3.05) is 6.54 Å². The van der Waals surface area contributed by atoms with Gasteiger partial charge >= 0.3 is 0 Å². The van der Waals surface area contributed by atoms with E-state index in [1.807, 2.05) is 36.3 Å². The molecule has 0 radical (unpaired) electrons. The minimum absolute atomic E-state index is 0.248. The van der Waals surface area contributed by atoms with Gasteiger partial charge in [0.05, 0.1) is 24.3 Å². The van der Waals surface area contributed by atoms with Crippen molar-refractivity contribution in [3.05, 3.63) is 70.8 Å². The summed E-state index contributed by atoms with van der Waals surface area (Å²) >= 11 is 0. The Balaban J connectivity index is 1.58. The minimum Gasteiger partial charge on any atom is -0.485 e. The van der Waals surface area contributed by atoms with E-state index in [9.17, 15) is 20.0 Å². The monoisotopic (exact) mass is 447 g/mol. The van der Waals surface area contributed by atoms with Gasteiger partial charge in [-0.05, 0) is 44.0 Å². The molecule has 2 heterocycles. The van der Waals surface area contributed by atoms with E-state index in [0.717, 1.165) is 5.56 Å².